The third-order valence-corrected chi connectivity index (χ3v) is 6.29. The molecule has 0 spiro atoms. The molecular formula is C24H25N3O2. The van der Waals surface area contributed by atoms with Gasteiger partial charge in [-0.3, -0.25) is 14.8 Å². The number of hydrogen-bond acceptors (Lipinski definition) is 5. The van der Waals surface area contributed by atoms with Crippen LogP contribution in [0.25, 0.3) is 11.1 Å². The molecule has 1 aromatic carbocycles. The van der Waals surface area contributed by atoms with Gasteiger partial charge in [0.25, 0.3) is 0 Å². The van der Waals surface area contributed by atoms with Gasteiger partial charge < -0.3 is 9.64 Å². The zero-order chi connectivity index (χ0) is 20.0. The summed E-state index contributed by atoms with van der Waals surface area (Å²) in [5.74, 6) is 1.000. The molecule has 0 saturated heterocycles. The molecule has 0 amide bonds. The Bertz CT molecular complexity index is 1040. The molecule has 3 aliphatic rings. The fourth-order valence-electron chi connectivity index (χ4n) is 4.46. The van der Waals surface area contributed by atoms with Crippen LogP contribution in [0.4, 0.5) is 5.69 Å². The lowest BCUT2D eigenvalue weighted by Crippen LogP contribution is -2.30. The number of fused-ring (bicyclic) bond motifs is 3. The maximum atomic E-state index is 12.2. The number of pyridine rings is 1. The monoisotopic (exact) mass is 387 g/mol. The van der Waals surface area contributed by atoms with E-state index in [0.717, 1.165) is 54.6 Å². The minimum Gasteiger partial charge on any atom is -0.468 e. The Morgan fingerprint density at radius 2 is 2.03 bits per heavy atom. The van der Waals surface area contributed by atoms with Gasteiger partial charge in [-0.15, -0.1) is 0 Å². The number of anilines is 1. The second kappa shape index (κ2) is 6.83. The zero-order valence-corrected chi connectivity index (χ0v) is 16.9. The maximum absolute atomic E-state index is 12.2. The molecule has 0 N–H and O–H groups in total. The minimum absolute atomic E-state index is 0.157. The highest BCUT2D eigenvalue weighted by Crippen LogP contribution is 2.49. The molecule has 1 atom stereocenters. The molecule has 3 heterocycles. The van der Waals surface area contributed by atoms with Crippen LogP contribution in [-0.2, 0) is 21.4 Å². The van der Waals surface area contributed by atoms with Crippen molar-refractivity contribution >= 4 is 17.5 Å². The third kappa shape index (κ3) is 3.05. The summed E-state index contributed by atoms with van der Waals surface area (Å²) in [6.45, 7) is 2.17. The lowest BCUT2D eigenvalue weighted by Gasteiger charge is -2.30. The average molecular weight is 387 g/mol. The van der Waals surface area contributed by atoms with Crippen molar-refractivity contribution < 1.29 is 9.53 Å². The third-order valence-electron chi connectivity index (χ3n) is 6.29. The number of amidine groups is 1. The molecule has 0 radical (unpaired) electrons. The van der Waals surface area contributed by atoms with Gasteiger partial charge in [-0.2, -0.15) is 0 Å². The Labute approximate surface area is 171 Å². The number of esters is 1. The molecule has 5 heteroatoms. The average Bonchev–Trinajstić information content (AvgIpc) is 3.57. The van der Waals surface area contributed by atoms with E-state index in [4.69, 9.17) is 9.73 Å². The van der Waals surface area contributed by atoms with E-state index in [1.54, 1.807) is 6.20 Å². The summed E-state index contributed by atoms with van der Waals surface area (Å²) < 4.78 is 5.03. The highest BCUT2D eigenvalue weighted by molar-refractivity contribution is 6.02. The lowest BCUT2D eigenvalue weighted by atomic mass is 9.93. The van der Waals surface area contributed by atoms with Gasteiger partial charge in [0.15, 0.2) is 0 Å². The van der Waals surface area contributed by atoms with Crippen LogP contribution in [0.2, 0.25) is 0 Å². The summed E-state index contributed by atoms with van der Waals surface area (Å²) in [5, 5.41) is 0. The molecular weight excluding hydrogens is 362 g/mol. The zero-order valence-electron chi connectivity index (χ0n) is 16.9. The minimum atomic E-state index is -0.495. The van der Waals surface area contributed by atoms with Crippen LogP contribution in [0.5, 0.6) is 0 Å². The largest absolute Gasteiger partial charge is 0.468 e. The van der Waals surface area contributed by atoms with Gasteiger partial charge in [0.1, 0.15) is 5.84 Å². The van der Waals surface area contributed by atoms with Gasteiger partial charge in [0.05, 0.1) is 18.6 Å². The highest BCUT2D eigenvalue weighted by Gasteiger charge is 2.52. The van der Waals surface area contributed by atoms with Crippen LogP contribution < -0.4 is 4.90 Å². The molecule has 0 bridgehead atoms. The second-order valence-corrected chi connectivity index (χ2v) is 8.26. The number of carbonyl (C=O) groups excluding carboxylic acids is 1. The first-order valence-corrected chi connectivity index (χ1v) is 10.3. The van der Waals surface area contributed by atoms with Crippen molar-refractivity contribution in [1.82, 2.24) is 4.98 Å². The number of rotatable bonds is 3. The van der Waals surface area contributed by atoms with Crippen LogP contribution in [0.3, 0.4) is 0 Å². The van der Waals surface area contributed by atoms with Gasteiger partial charge >= 0.3 is 5.97 Å². The second-order valence-electron chi connectivity index (χ2n) is 8.26. The predicted molar refractivity (Wildman–Crippen MR) is 114 cm³/mol. The first-order chi connectivity index (χ1) is 14.1. The maximum Gasteiger partial charge on any atom is 0.316 e. The fraction of sp³-hybridized carbons (Fsp3) is 0.375. The molecule has 1 fully saturated rings. The highest BCUT2D eigenvalue weighted by atomic mass is 16.5. The number of hydrogen-bond donors (Lipinski definition) is 0. The number of aromatic nitrogens is 1. The lowest BCUT2D eigenvalue weighted by molar-refractivity contribution is -0.143. The Hall–Kier alpha value is -2.95. The molecule has 29 heavy (non-hydrogen) atoms. The number of aliphatic imine (C=N–C) groups is 1. The fourth-order valence-corrected chi connectivity index (χ4v) is 4.46. The van der Waals surface area contributed by atoms with Crippen LogP contribution >= 0.6 is 0 Å². The first-order valence-electron chi connectivity index (χ1n) is 10.3. The summed E-state index contributed by atoms with van der Waals surface area (Å²) in [6.07, 6.45) is 12.6. The summed E-state index contributed by atoms with van der Waals surface area (Å²) >= 11 is 0. The standard InChI is InChI=1S/C24H25N3O2/c1-16-4-3-11-27-21-7-5-17(12-18(21)6-8-22(27)26-16)19-13-20(15-25-14-19)24(9-10-24)23(28)29-2/h3,5,7,11-16H,4,6,8-10H2,1-2H3. The number of ether oxygens (including phenoxy) is 1. The van der Waals surface area contributed by atoms with Gasteiger partial charge in [-0.25, -0.2) is 0 Å². The number of nitrogens with zero attached hydrogens (tertiary/aromatic N) is 3. The summed E-state index contributed by atoms with van der Waals surface area (Å²) in [5.41, 5.74) is 5.16. The number of aryl methyl sites for hydroxylation is 1. The van der Waals surface area contributed by atoms with Gasteiger partial charge in [0.2, 0.25) is 0 Å². The van der Waals surface area contributed by atoms with Crippen molar-refractivity contribution in [3.05, 3.63) is 60.1 Å². The molecule has 2 aliphatic heterocycles. The van der Waals surface area contributed by atoms with Gasteiger partial charge in [-0.05, 0) is 67.5 Å². The van der Waals surface area contributed by atoms with Crippen LogP contribution in [0, 0.1) is 0 Å². The summed E-state index contributed by atoms with van der Waals surface area (Å²) in [4.78, 5) is 23.8. The van der Waals surface area contributed by atoms with Crippen molar-refractivity contribution in [2.24, 2.45) is 4.99 Å². The Balaban J connectivity index is 1.50. The molecule has 2 aromatic rings. The smallest absolute Gasteiger partial charge is 0.316 e. The van der Waals surface area contributed by atoms with Crippen molar-refractivity contribution in [1.29, 1.82) is 0 Å². The van der Waals surface area contributed by atoms with E-state index in [-0.39, 0.29) is 5.97 Å². The normalized spacial score (nSPS) is 21.5. The van der Waals surface area contributed by atoms with E-state index in [1.807, 2.05) is 6.20 Å². The number of carbonyl (C=O) groups is 1. The molecule has 148 valence electrons. The molecule has 1 aliphatic carbocycles. The molecule has 1 saturated carbocycles. The van der Waals surface area contributed by atoms with E-state index < -0.39 is 5.41 Å². The van der Waals surface area contributed by atoms with E-state index in [0.29, 0.717) is 6.04 Å². The van der Waals surface area contributed by atoms with Gasteiger partial charge in [-0.1, -0.05) is 12.1 Å². The van der Waals surface area contributed by atoms with Crippen LogP contribution in [0.15, 0.2) is 53.9 Å². The topological polar surface area (TPSA) is 54.8 Å². The van der Waals surface area contributed by atoms with E-state index in [2.05, 4.69) is 53.3 Å². The Kier molecular flexibility index (Phi) is 4.26. The predicted octanol–water partition coefficient (Wildman–Crippen LogP) is 4.41. The quantitative estimate of drug-likeness (QED) is 0.732. The van der Waals surface area contributed by atoms with Crippen molar-refractivity contribution in [2.75, 3.05) is 12.0 Å². The summed E-state index contributed by atoms with van der Waals surface area (Å²) in [6, 6.07) is 9.02. The van der Waals surface area contributed by atoms with Crippen LogP contribution in [0.1, 0.15) is 43.7 Å². The number of benzene rings is 1. The molecule has 1 aromatic heterocycles. The van der Waals surface area contributed by atoms with E-state index in [1.165, 1.54) is 18.4 Å². The van der Waals surface area contributed by atoms with E-state index >= 15 is 0 Å². The first kappa shape index (κ1) is 18.1. The van der Waals surface area contributed by atoms with Crippen molar-refractivity contribution in [3.8, 4) is 11.1 Å². The van der Waals surface area contributed by atoms with E-state index in [9.17, 15) is 4.79 Å². The summed E-state index contributed by atoms with van der Waals surface area (Å²) in [7, 11) is 1.46. The van der Waals surface area contributed by atoms with Crippen molar-refractivity contribution in [2.45, 2.75) is 50.5 Å². The number of methoxy groups -OCH3 is 1. The Morgan fingerprint density at radius 3 is 2.83 bits per heavy atom. The van der Waals surface area contributed by atoms with Crippen LogP contribution in [-0.4, -0.2) is 29.9 Å². The molecule has 1 unspecified atom stereocenters. The molecule has 5 rings (SSSR count). The molecule has 5 nitrogen and oxygen atoms in total. The van der Waals surface area contributed by atoms with Gasteiger partial charge in [0, 0.05) is 36.3 Å². The Morgan fingerprint density at radius 1 is 1.17 bits per heavy atom. The van der Waals surface area contributed by atoms with Crippen molar-refractivity contribution in [3.63, 3.8) is 0 Å². The SMILES string of the molecule is COC(=O)C1(c2cncc(-c3ccc4c(c3)CCC3=NC(C)CC=CN34)c2)CC1.